The van der Waals surface area contributed by atoms with Gasteiger partial charge in [-0.05, 0) is 5.56 Å². The molecule has 1 amide bonds. The van der Waals surface area contributed by atoms with Crippen LogP contribution in [0.5, 0.6) is 0 Å². The van der Waals surface area contributed by atoms with Crippen LogP contribution in [-0.4, -0.2) is 29.8 Å². The van der Waals surface area contributed by atoms with Crippen molar-refractivity contribution < 1.29 is 9.72 Å². The number of nitro groups is 1. The van der Waals surface area contributed by atoms with Gasteiger partial charge in [0.2, 0.25) is 5.91 Å². The molecule has 0 fully saturated rings. The minimum atomic E-state index is -0.461. The highest BCUT2D eigenvalue weighted by atomic mass is 16.6. The Kier molecular flexibility index (Phi) is 3.38. The molecule has 1 aromatic carbocycles. The summed E-state index contributed by atoms with van der Waals surface area (Å²) in [5.41, 5.74) is 0.815. The van der Waals surface area contributed by atoms with E-state index in [2.05, 4.69) is 0 Å². The number of nitro benzene ring substituents is 1. The third-order valence-corrected chi connectivity index (χ3v) is 2.00. The molecule has 0 radical (unpaired) electrons. The summed E-state index contributed by atoms with van der Waals surface area (Å²) in [5, 5.41) is 10.4. The minimum Gasteiger partial charge on any atom is -0.349 e. The second-order valence-corrected chi connectivity index (χ2v) is 3.39. The molecule has 15 heavy (non-hydrogen) atoms. The van der Waals surface area contributed by atoms with Gasteiger partial charge in [-0.25, -0.2) is 0 Å². The average molecular weight is 208 g/mol. The Morgan fingerprint density at radius 2 is 1.87 bits per heavy atom. The quantitative estimate of drug-likeness (QED) is 0.554. The van der Waals surface area contributed by atoms with Gasteiger partial charge in [0.25, 0.3) is 5.69 Å². The fourth-order valence-corrected chi connectivity index (χ4v) is 1.07. The van der Waals surface area contributed by atoms with Gasteiger partial charge in [-0.15, -0.1) is 0 Å². The Morgan fingerprint density at radius 1 is 1.33 bits per heavy atom. The number of non-ortho nitro benzene ring substituents is 1. The van der Waals surface area contributed by atoms with Gasteiger partial charge in [-0.1, -0.05) is 12.1 Å². The van der Waals surface area contributed by atoms with Crippen molar-refractivity contribution >= 4 is 11.6 Å². The van der Waals surface area contributed by atoms with Gasteiger partial charge in [0.05, 0.1) is 11.3 Å². The van der Waals surface area contributed by atoms with Crippen LogP contribution in [0.25, 0.3) is 0 Å². The summed E-state index contributed by atoms with van der Waals surface area (Å²) in [6.07, 6.45) is 0.269. The number of amides is 1. The largest absolute Gasteiger partial charge is 0.349 e. The van der Waals surface area contributed by atoms with Crippen LogP contribution in [0.1, 0.15) is 5.56 Å². The maximum Gasteiger partial charge on any atom is 0.269 e. The fraction of sp³-hybridized carbons (Fsp3) is 0.300. The van der Waals surface area contributed by atoms with Crippen molar-refractivity contribution in [3.05, 3.63) is 39.9 Å². The summed E-state index contributed by atoms with van der Waals surface area (Å²) in [6.45, 7) is 0. The first kappa shape index (κ1) is 11.2. The van der Waals surface area contributed by atoms with E-state index in [1.165, 1.54) is 17.0 Å². The minimum absolute atomic E-state index is 0.0242. The van der Waals surface area contributed by atoms with E-state index in [1.807, 2.05) is 0 Å². The van der Waals surface area contributed by atoms with Crippen LogP contribution in [0.3, 0.4) is 0 Å². The molecule has 0 saturated carbocycles. The van der Waals surface area contributed by atoms with Gasteiger partial charge in [0.15, 0.2) is 0 Å². The lowest BCUT2D eigenvalue weighted by atomic mass is 10.1. The molecule has 0 spiro atoms. The van der Waals surface area contributed by atoms with E-state index in [0.717, 1.165) is 5.56 Å². The first-order chi connectivity index (χ1) is 7.00. The Bertz CT molecular complexity index is 371. The van der Waals surface area contributed by atoms with Gasteiger partial charge in [0.1, 0.15) is 0 Å². The van der Waals surface area contributed by atoms with Crippen LogP contribution < -0.4 is 0 Å². The van der Waals surface area contributed by atoms with Crippen molar-refractivity contribution in [2.75, 3.05) is 14.1 Å². The molecule has 80 valence electrons. The Hall–Kier alpha value is -1.91. The zero-order valence-corrected chi connectivity index (χ0v) is 8.64. The third-order valence-electron chi connectivity index (χ3n) is 2.00. The summed E-state index contributed by atoms with van der Waals surface area (Å²) in [7, 11) is 3.35. The summed E-state index contributed by atoms with van der Waals surface area (Å²) >= 11 is 0. The lowest BCUT2D eigenvalue weighted by molar-refractivity contribution is -0.384. The summed E-state index contributed by atoms with van der Waals surface area (Å²) in [5.74, 6) is -0.0242. The van der Waals surface area contributed by atoms with E-state index in [-0.39, 0.29) is 18.0 Å². The fourth-order valence-electron chi connectivity index (χ4n) is 1.07. The predicted octanol–water partition coefficient (Wildman–Crippen LogP) is 1.23. The zero-order chi connectivity index (χ0) is 11.4. The highest BCUT2D eigenvalue weighted by Crippen LogP contribution is 2.12. The molecule has 1 aromatic rings. The molecule has 1 rings (SSSR count). The number of hydrogen-bond donors (Lipinski definition) is 0. The van der Waals surface area contributed by atoms with Gasteiger partial charge >= 0.3 is 0 Å². The SMILES string of the molecule is CN(C)C(=O)Cc1ccc([N+](=O)[O-])cc1. The first-order valence-corrected chi connectivity index (χ1v) is 4.44. The van der Waals surface area contributed by atoms with Gasteiger partial charge in [-0.2, -0.15) is 0 Å². The number of nitrogens with zero attached hydrogens (tertiary/aromatic N) is 2. The van der Waals surface area contributed by atoms with Crippen molar-refractivity contribution in [3.63, 3.8) is 0 Å². The highest BCUT2D eigenvalue weighted by molar-refractivity contribution is 5.78. The molecule has 0 aliphatic rings. The number of rotatable bonds is 3. The smallest absolute Gasteiger partial charge is 0.269 e. The molecule has 0 bridgehead atoms. The Labute approximate surface area is 87.5 Å². The number of hydrogen-bond acceptors (Lipinski definition) is 3. The summed E-state index contributed by atoms with van der Waals surface area (Å²) in [4.78, 5) is 22.7. The van der Waals surface area contributed by atoms with E-state index in [0.29, 0.717) is 0 Å². The second-order valence-electron chi connectivity index (χ2n) is 3.39. The van der Waals surface area contributed by atoms with E-state index in [9.17, 15) is 14.9 Å². The topological polar surface area (TPSA) is 63.5 Å². The number of benzene rings is 1. The van der Waals surface area contributed by atoms with Gasteiger partial charge < -0.3 is 4.90 Å². The van der Waals surface area contributed by atoms with Crippen LogP contribution in [0.15, 0.2) is 24.3 Å². The van der Waals surface area contributed by atoms with Crippen molar-refractivity contribution in [3.8, 4) is 0 Å². The number of carbonyl (C=O) groups is 1. The molecule has 5 heteroatoms. The molecule has 0 N–H and O–H groups in total. The number of likely N-dealkylation sites (N-methyl/N-ethyl adjacent to an activating group) is 1. The Morgan fingerprint density at radius 3 is 2.27 bits per heavy atom. The standard InChI is InChI=1S/C10H12N2O3/c1-11(2)10(13)7-8-3-5-9(6-4-8)12(14)15/h3-6H,7H2,1-2H3. The molecule has 0 aliphatic carbocycles. The Balaban J connectivity index is 2.73. The van der Waals surface area contributed by atoms with E-state index in [1.54, 1.807) is 26.2 Å². The molecule has 0 saturated heterocycles. The first-order valence-electron chi connectivity index (χ1n) is 4.44. The van der Waals surface area contributed by atoms with Gasteiger partial charge in [0, 0.05) is 26.2 Å². The van der Waals surface area contributed by atoms with Crippen molar-refractivity contribution in [2.24, 2.45) is 0 Å². The molecular formula is C10H12N2O3. The molecule has 0 atom stereocenters. The maximum absolute atomic E-state index is 11.3. The normalized spacial score (nSPS) is 9.73. The molecule has 0 aliphatic heterocycles. The van der Waals surface area contributed by atoms with Crippen LogP contribution in [0, 0.1) is 10.1 Å². The van der Waals surface area contributed by atoms with Crippen molar-refractivity contribution in [2.45, 2.75) is 6.42 Å². The lowest BCUT2D eigenvalue weighted by Crippen LogP contribution is -2.23. The summed E-state index contributed by atoms with van der Waals surface area (Å²) < 4.78 is 0. The zero-order valence-electron chi connectivity index (χ0n) is 8.64. The predicted molar refractivity (Wildman–Crippen MR) is 55.5 cm³/mol. The van der Waals surface area contributed by atoms with Crippen LogP contribution in [0.4, 0.5) is 5.69 Å². The van der Waals surface area contributed by atoms with Crippen molar-refractivity contribution in [1.29, 1.82) is 0 Å². The second kappa shape index (κ2) is 4.54. The van der Waals surface area contributed by atoms with Crippen LogP contribution in [-0.2, 0) is 11.2 Å². The third kappa shape index (κ3) is 3.05. The highest BCUT2D eigenvalue weighted by Gasteiger charge is 2.08. The van der Waals surface area contributed by atoms with Crippen LogP contribution in [0.2, 0.25) is 0 Å². The molecule has 0 aromatic heterocycles. The lowest BCUT2D eigenvalue weighted by Gasteiger charge is -2.09. The van der Waals surface area contributed by atoms with E-state index in [4.69, 9.17) is 0 Å². The molecule has 0 heterocycles. The molecular weight excluding hydrogens is 196 g/mol. The van der Waals surface area contributed by atoms with E-state index >= 15 is 0 Å². The van der Waals surface area contributed by atoms with Crippen LogP contribution >= 0.6 is 0 Å². The van der Waals surface area contributed by atoms with Gasteiger partial charge in [-0.3, -0.25) is 14.9 Å². The average Bonchev–Trinajstić information content (AvgIpc) is 2.18. The maximum atomic E-state index is 11.3. The monoisotopic (exact) mass is 208 g/mol. The summed E-state index contributed by atoms with van der Waals surface area (Å²) in [6, 6.07) is 6.00. The molecule has 5 nitrogen and oxygen atoms in total. The number of carbonyl (C=O) groups excluding carboxylic acids is 1. The van der Waals surface area contributed by atoms with Crippen molar-refractivity contribution in [1.82, 2.24) is 4.90 Å². The van der Waals surface area contributed by atoms with E-state index < -0.39 is 4.92 Å². The molecule has 0 unspecified atom stereocenters.